The summed E-state index contributed by atoms with van der Waals surface area (Å²) in [5.74, 6) is 2.02. The maximum atomic E-state index is 12.6. The van der Waals surface area contributed by atoms with Crippen molar-refractivity contribution in [2.75, 3.05) is 18.2 Å². The number of carbonyl (C=O) groups excluding carboxylic acids is 1. The molecule has 0 aliphatic rings. The van der Waals surface area contributed by atoms with Gasteiger partial charge < -0.3 is 19.4 Å². The molecule has 0 fully saturated rings. The van der Waals surface area contributed by atoms with Gasteiger partial charge in [-0.15, -0.1) is 21.5 Å². The fraction of sp³-hybridized carbons (Fsp3) is 0.280. The number of nitrogens with zero attached hydrogens (tertiary/aromatic N) is 4. The fourth-order valence-electron chi connectivity index (χ4n) is 3.56. The molecule has 2 aromatic heterocycles. The first-order valence-electron chi connectivity index (χ1n) is 11.2. The second kappa shape index (κ2) is 11.4. The molecular formula is C25H27N5O3S2. The third kappa shape index (κ3) is 5.83. The second-order valence-corrected chi connectivity index (χ2v) is 9.77. The van der Waals surface area contributed by atoms with E-state index in [9.17, 15) is 4.79 Å². The zero-order chi connectivity index (χ0) is 24.8. The highest BCUT2D eigenvalue weighted by Gasteiger charge is 2.21. The molecule has 8 nitrogen and oxygen atoms in total. The molecule has 182 valence electrons. The topological polar surface area (TPSA) is 91.2 Å². The zero-order valence-corrected chi connectivity index (χ0v) is 21.7. The predicted octanol–water partition coefficient (Wildman–Crippen LogP) is 5.61. The molecule has 0 radical (unpaired) electrons. The molecule has 4 rings (SSSR count). The van der Waals surface area contributed by atoms with Gasteiger partial charge in [0.15, 0.2) is 33.7 Å². The van der Waals surface area contributed by atoms with E-state index in [1.807, 2.05) is 79.9 Å². The molecule has 10 heteroatoms. The highest BCUT2D eigenvalue weighted by molar-refractivity contribution is 7.99. The molecule has 35 heavy (non-hydrogen) atoms. The van der Waals surface area contributed by atoms with Crippen LogP contribution in [0.5, 0.6) is 11.5 Å². The van der Waals surface area contributed by atoms with Crippen molar-refractivity contribution in [2.24, 2.45) is 0 Å². The van der Waals surface area contributed by atoms with Crippen molar-refractivity contribution in [1.29, 1.82) is 0 Å². The third-order valence-electron chi connectivity index (χ3n) is 5.22. The Balaban J connectivity index is 1.39. The minimum atomic E-state index is -0.350. The van der Waals surface area contributed by atoms with Crippen molar-refractivity contribution in [3.63, 3.8) is 0 Å². The Kier molecular flexibility index (Phi) is 8.04. The van der Waals surface area contributed by atoms with Crippen LogP contribution in [-0.4, -0.2) is 38.5 Å². The maximum Gasteiger partial charge on any atom is 0.236 e. The minimum Gasteiger partial charge on any atom is -0.493 e. The van der Waals surface area contributed by atoms with Crippen LogP contribution in [0, 0.1) is 6.92 Å². The molecule has 1 amide bonds. The van der Waals surface area contributed by atoms with E-state index in [0.29, 0.717) is 34.2 Å². The molecule has 4 aromatic rings. The van der Waals surface area contributed by atoms with Gasteiger partial charge >= 0.3 is 0 Å². The first-order chi connectivity index (χ1) is 17.0. The number of thiazole rings is 1. The number of thioether (sulfide) groups is 1. The van der Waals surface area contributed by atoms with Gasteiger partial charge in [-0.2, -0.15) is 0 Å². The summed E-state index contributed by atoms with van der Waals surface area (Å²) in [6, 6.07) is 17.4. The van der Waals surface area contributed by atoms with Gasteiger partial charge in [-0.1, -0.05) is 54.2 Å². The lowest BCUT2D eigenvalue weighted by molar-refractivity contribution is -0.113. The summed E-state index contributed by atoms with van der Waals surface area (Å²) in [6.45, 7) is 6.58. The van der Waals surface area contributed by atoms with Crippen molar-refractivity contribution < 1.29 is 14.3 Å². The second-order valence-electron chi connectivity index (χ2n) is 7.62. The number of para-hydroxylation sites is 2. The Bertz CT molecular complexity index is 1290. The molecule has 2 aromatic carbocycles. The molecule has 0 spiro atoms. The Morgan fingerprint density at radius 1 is 1.11 bits per heavy atom. The van der Waals surface area contributed by atoms with Crippen LogP contribution in [0.2, 0.25) is 0 Å². The van der Waals surface area contributed by atoms with E-state index in [2.05, 4.69) is 20.5 Å². The van der Waals surface area contributed by atoms with E-state index in [0.717, 1.165) is 16.1 Å². The summed E-state index contributed by atoms with van der Waals surface area (Å²) < 4.78 is 13.4. The summed E-state index contributed by atoms with van der Waals surface area (Å²) in [7, 11) is 1.61. The van der Waals surface area contributed by atoms with Gasteiger partial charge in [0, 0.05) is 17.0 Å². The standard InChI is InChI=1S/C25H27N5O3S2/c1-5-30-23(16(2)33-20-14-10-9-13-19(20)32-4)28-29-25(30)34-15-21(31)26-24-27-22(17(3)35-24)18-11-7-6-8-12-18/h6-14,16H,5,15H2,1-4H3,(H,26,27,31). The number of nitrogens with one attached hydrogen (secondary N) is 1. The third-order valence-corrected chi connectivity index (χ3v) is 7.07. The molecule has 0 saturated carbocycles. The summed E-state index contributed by atoms with van der Waals surface area (Å²) >= 11 is 2.80. The lowest BCUT2D eigenvalue weighted by atomic mass is 10.1. The van der Waals surface area contributed by atoms with E-state index in [-0.39, 0.29) is 17.8 Å². The van der Waals surface area contributed by atoms with Crippen LogP contribution in [0.1, 0.15) is 30.7 Å². The number of methoxy groups -OCH3 is 1. The molecule has 0 saturated heterocycles. The van der Waals surface area contributed by atoms with E-state index >= 15 is 0 Å². The predicted molar refractivity (Wildman–Crippen MR) is 139 cm³/mol. The van der Waals surface area contributed by atoms with Crippen LogP contribution in [-0.2, 0) is 11.3 Å². The maximum absolute atomic E-state index is 12.6. The Hall–Kier alpha value is -3.37. The number of carbonyl (C=O) groups is 1. The van der Waals surface area contributed by atoms with Crippen LogP contribution in [0.25, 0.3) is 11.3 Å². The van der Waals surface area contributed by atoms with Crippen LogP contribution in [0.4, 0.5) is 5.13 Å². The van der Waals surface area contributed by atoms with Gasteiger partial charge in [-0.3, -0.25) is 4.79 Å². The van der Waals surface area contributed by atoms with Gasteiger partial charge in [-0.05, 0) is 32.9 Å². The summed E-state index contributed by atoms with van der Waals surface area (Å²) in [5.41, 5.74) is 1.92. The average molecular weight is 510 g/mol. The first kappa shape index (κ1) is 24.7. The number of amides is 1. The molecule has 1 atom stereocenters. The molecular weight excluding hydrogens is 482 g/mol. The molecule has 0 aliphatic carbocycles. The van der Waals surface area contributed by atoms with Crippen molar-refractivity contribution in [1.82, 2.24) is 19.7 Å². The number of anilines is 1. The number of aromatic nitrogens is 4. The van der Waals surface area contributed by atoms with Crippen molar-refractivity contribution >= 4 is 34.1 Å². The zero-order valence-electron chi connectivity index (χ0n) is 20.0. The summed E-state index contributed by atoms with van der Waals surface area (Å²) in [5, 5.41) is 12.8. The number of hydrogen-bond acceptors (Lipinski definition) is 8. The number of rotatable bonds is 10. The minimum absolute atomic E-state index is 0.145. The first-order valence-corrected chi connectivity index (χ1v) is 13.0. The average Bonchev–Trinajstić information content (AvgIpc) is 3.46. The molecule has 2 heterocycles. The van der Waals surface area contributed by atoms with Gasteiger partial charge in [0.2, 0.25) is 5.91 Å². The fourth-order valence-corrected chi connectivity index (χ4v) is 5.22. The highest BCUT2D eigenvalue weighted by atomic mass is 32.2. The van der Waals surface area contributed by atoms with Gasteiger partial charge in [0.05, 0.1) is 18.6 Å². The van der Waals surface area contributed by atoms with E-state index in [1.54, 1.807) is 7.11 Å². The van der Waals surface area contributed by atoms with E-state index in [4.69, 9.17) is 9.47 Å². The summed E-state index contributed by atoms with van der Waals surface area (Å²) in [4.78, 5) is 18.3. The molecule has 1 unspecified atom stereocenters. The summed E-state index contributed by atoms with van der Waals surface area (Å²) in [6.07, 6.45) is -0.350. The highest BCUT2D eigenvalue weighted by Crippen LogP contribution is 2.32. The Morgan fingerprint density at radius 3 is 2.54 bits per heavy atom. The number of ether oxygens (including phenoxy) is 2. The van der Waals surface area contributed by atoms with E-state index in [1.165, 1.54) is 23.1 Å². The Labute approximate surface area is 212 Å². The van der Waals surface area contributed by atoms with Crippen LogP contribution >= 0.6 is 23.1 Å². The van der Waals surface area contributed by atoms with Crippen LogP contribution in [0.3, 0.4) is 0 Å². The van der Waals surface area contributed by atoms with Gasteiger partial charge in [0.25, 0.3) is 0 Å². The molecule has 0 aliphatic heterocycles. The lowest BCUT2D eigenvalue weighted by Crippen LogP contribution is -2.15. The van der Waals surface area contributed by atoms with E-state index < -0.39 is 0 Å². The number of benzene rings is 2. The number of hydrogen-bond donors (Lipinski definition) is 1. The lowest BCUT2D eigenvalue weighted by Gasteiger charge is -2.17. The molecule has 0 bridgehead atoms. The van der Waals surface area contributed by atoms with Gasteiger partial charge in [-0.25, -0.2) is 4.98 Å². The molecule has 1 N–H and O–H groups in total. The monoisotopic (exact) mass is 509 g/mol. The number of aryl methyl sites for hydroxylation is 1. The van der Waals surface area contributed by atoms with Crippen LogP contribution < -0.4 is 14.8 Å². The normalized spacial score (nSPS) is 11.8. The Morgan fingerprint density at radius 2 is 1.83 bits per heavy atom. The van der Waals surface area contributed by atoms with Crippen LogP contribution in [0.15, 0.2) is 59.8 Å². The quantitative estimate of drug-likeness (QED) is 0.278. The van der Waals surface area contributed by atoms with Gasteiger partial charge in [0.1, 0.15) is 0 Å². The van der Waals surface area contributed by atoms with Crippen molar-refractivity contribution in [3.8, 4) is 22.8 Å². The van der Waals surface area contributed by atoms with Crippen molar-refractivity contribution in [3.05, 3.63) is 65.3 Å². The largest absolute Gasteiger partial charge is 0.493 e. The SMILES string of the molecule is CCn1c(SCC(=O)Nc2nc(-c3ccccc3)c(C)s2)nnc1C(C)Oc1ccccc1OC. The van der Waals surface area contributed by atoms with Crippen molar-refractivity contribution in [2.45, 2.75) is 38.6 Å². The smallest absolute Gasteiger partial charge is 0.236 e.